The van der Waals surface area contributed by atoms with E-state index in [1.807, 2.05) is 17.8 Å². The fraction of sp³-hybridized carbons (Fsp3) is 0.625. The van der Waals surface area contributed by atoms with Crippen LogP contribution in [0.15, 0.2) is 23.1 Å². The highest BCUT2D eigenvalue weighted by Gasteiger charge is 2.11. The average molecular weight is 295 g/mol. The highest BCUT2D eigenvalue weighted by atomic mass is 32.2. The van der Waals surface area contributed by atoms with E-state index in [1.54, 1.807) is 0 Å². The summed E-state index contributed by atoms with van der Waals surface area (Å²) in [5.74, 6) is 2.90. The molecule has 0 saturated carbocycles. The van der Waals surface area contributed by atoms with Crippen molar-refractivity contribution in [3.8, 4) is 11.5 Å². The first-order chi connectivity index (χ1) is 9.79. The maximum atomic E-state index is 5.72. The third-order valence-corrected chi connectivity index (χ3v) is 4.31. The molecule has 4 heteroatoms. The molecular formula is C16H25NO2S. The van der Waals surface area contributed by atoms with Gasteiger partial charge in [0.1, 0.15) is 0 Å². The Balaban J connectivity index is 1.80. The highest BCUT2D eigenvalue weighted by Crippen LogP contribution is 2.34. The summed E-state index contributed by atoms with van der Waals surface area (Å²) in [5, 5.41) is 3.52. The van der Waals surface area contributed by atoms with Gasteiger partial charge in [0, 0.05) is 17.4 Å². The second-order valence-corrected chi connectivity index (χ2v) is 6.32. The predicted octanol–water partition coefficient (Wildman–Crippen LogP) is 3.72. The Kier molecular flexibility index (Phi) is 6.54. The van der Waals surface area contributed by atoms with E-state index in [0.29, 0.717) is 6.04 Å². The maximum Gasteiger partial charge on any atom is 0.162 e. The van der Waals surface area contributed by atoms with Crippen LogP contribution in [-0.4, -0.2) is 31.6 Å². The van der Waals surface area contributed by atoms with E-state index in [9.17, 15) is 0 Å². The molecule has 1 N–H and O–H groups in total. The summed E-state index contributed by atoms with van der Waals surface area (Å²) < 4.78 is 11.4. The SMILES string of the molecule is CCCNC(C)CCSc1ccc2c(c1)OCCCO2. The molecule has 20 heavy (non-hydrogen) atoms. The Labute approximate surface area is 126 Å². The molecule has 0 radical (unpaired) electrons. The summed E-state index contributed by atoms with van der Waals surface area (Å²) in [6.45, 7) is 7.06. The molecule has 1 aliphatic heterocycles. The number of fused-ring (bicyclic) bond motifs is 1. The lowest BCUT2D eigenvalue weighted by Gasteiger charge is -2.13. The van der Waals surface area contributed by atoms with Gasteiger partial charge in [-0.25, -0.2) is 0 Å². The van der Waals surface area contributed by atoms with Gasteiger partial charge >= 0.3 is 0 Å². The number of ether oxygens (including phenoxy) is 2. The van der Waals surface area contributed by atoms with Crippen molar-refractivity contribution < 1.29 is 9.47 Å². The van der Waals surface area contributed by atoms with Crippen molar-refractivity contribution in [2.75, 3.05) is 25.5 Å². The molecule has 0 amide bonds. The van der Waals surface area contributed by atoms with Crippen LogP contribution < -0.4 is 14.8 Å². The van der Waals surface area contributed by atoms with Crippen molar-refractivity contribution in [1.82, 2.24) is 5.32 Å². The zero-order valence-corrected chi connectivity index (χ0v) is 13.3. The van der Waals surface area contributed by atoms with Crippen molar-refractivity contribution >= 4 is 11.8 Å². The second kappa shape index (κ2) is 8.42. The van der Waals surface area contributed by atoms with E-state index in [4.69, 9.17) is 9.47 Å². The molecule has 1 aromatic carbocycles. The Morgan fingerprint density at radius 3 is 2.85 bits per heavy atom. The lowest BCUT2D eigenvalue weighted by molar-refractivity contribution is 0.297. The van der Waals surface area contributed by atoms with Crippen LogP contribution in [0.1, 0.15) is 33.1 Å². The number of thioether (sulfide) groups is 1. The Morgan fingerprint density at radius 2 is 2.05 bits per heavy atom. The van der Waals surface area contributed by atoms with E-state index >= 15 is 0 Å². The summed E-state index contributed by atoms with van der Waals surface area (Å²) >= 11 is 1.89. The lowest BCUT2D eigenvalue weighted by atomic mass is 10.2. The van der Waals surface area contributed by atoms with E-state index < -0.39 is 0 Å². The first-order valence-corrected chi connectivity index (χ1v) is 8.54. The van der Waals surface area contributed by atoms with Crippen LogP contribution in [0, 0.1) is 0 Å². The van der Waals surface area contributed by atoms with Crippen LogP contribution in [-0.2, 0) is 0 Å². The molecule has 1 aromatic rings. The van der Waals surface area contributed by atoms with E-state index in [1.165, 1.54) is 17.7 Å². The lowest BCUT2D eigenvalue weighted by Crippen LogP contribution is -2.27. The molecule has 1 heterocycles. The number of rotatable bonds is 7. The number of hydrogen-bond acceptors (Lipinski definition) is 4. The van der Waals surface area contributed by atoms with Gasteiger partial charge in [-0.05, 0) is 50.3 Å². The second-order valence-electron chi connectivity index (χ2n) is 5.15. The highest BCUT2D eigenvalue weighted by molar-refractivity contribution is 7.99. The predicted molar refractivity (Wildman–Crippen MR) is 85.1 cm³/mol. The van der Waals surface area contributed by atoms with Gasteiger partial charge in [-0.15, -0.1) is 11.8 Å². The molecule has 2 rings (SSSR count). The Hall–Kier alpha value is -0.870. The molecule has 0 aromatic heterocycles. The zero-order valence-electron chi connectivity index (χ0n) is 12.5. The summed E-state index contributed by atoms with van der Waals surface area (Å²) in [7, 11) is 0. The summed E-state index contributed by atoms with van der Waals surface area (Å²) in [5.41, 5.74) is 0. The van der Waals surface area contributed by atoms with Gasteiger partial charge in [0.25, 0.3) is 0 Å². The quantitative estimate of drug-likeness (QED) is 0.777. The summed E-state index contributed by atoms with van der Waals surface area (Å²) in [6, 6.07) is 6.85. The third kappa shape index (κ3) is 4.91. The first kappa shape index (κ1) is 15.5. The van der Waals surface area contributed by atoms with E-state index in [-0.39, 0.29) is 0 Å². The van der Waals surface area contributed by atoms with Crippen LogP contribution in [0.3, 0.4) is 0 Å². The fourth-order valence-electron chi connectivity index (χ4n) is 2.08. The molecule has 1 unspecified atom stereocenters. The fourth-order valence-corrected chi connectivity index (χ4v) is 3.14. The number of hydrogen-bond donors (Lipinski definition) is 1. The van der Waals surface area contributed by atoms with Gasteiger partial charge in [-0.2, -0.15) is 0 Å². The number of nitrogens with one attached hydrogen (secondary N) is 1. The van der Waals surface area contributed by atoms with Gasteiger partial charge in [-0.3, -0.25) is 0 Å². The van der Waals surface area contributed by atoms with Crippen LogP contribution in [0.4, 0.5) is 0 Å². The monoisotopic (exact) mass is 295 g/mol. The maximum absolute atomic E-state index is 5.72. The first-order valence-electron chi connectivity index (χ1n) is 7.55. The van der Waals surface area contributed by atoms with Crippen molar-refractivity contribution in [3.63, 3.8) is 0 Å². The van der Waals surface area contributed by atoms with Gasteiger partial charge in [0.05, 0.1) is 13.2 Å². The summed E-state index contributed by atoms with van der Waals surface area (Å²) in [4.78, 5) is 1.26. The minimum atomic E-state index is 0.586. The van der Waals surface area contributed by atoms with Gasteiger partial charge in [0.2, 0.25) is 0 Å². The standard InChI is InChI=1S/C16H25NO2S/c1-3-8-17-13(2)7-11-20-14-5-6-15-16(12-14)19-10-4-9-18-15/h5-6,12-13,17H,3-4,7-11H2,1-2H3. The van der Waals surface area contributed by atoms with Crippen LogP contribution in [0.2, 0.25) is 0 Å². The molecular weight excluding hydrogens is 270 g/mol. The molecule has 112 valence electrons. The van der Waals surface area contributed by atoms with E-state index in [2.05, 4.69) is 31.3 Å². The normalized spacial score (nSPS) is 15.7. The van der Waals surface area contributed by atoms with Crippen LogP contribution >= 0.6 is 11.8 Å². The molecule has 1 atom stereocenters. The Morgan fingerprint density at radius 1 is 1.25 bits per heavy atom. The van der Waals surface area contributed by atoms with Gasteiger partial charge in [-0.1, -0.05) is 6.92 Å². The molecule has 0 saturated heterocycles. The van der Waals surface area contributed by atoms with Crippen molar-refractivity contribution in [1.29, 1.82) is 0 Å². The van der Waals surface area contributed by atoms with Crippen molar-refractivity contribution in [2.45, 2.75) is 44.0 Å². The molecule has 3 nitrogen and oxygen atoms in total. The molecule has 0 fully saturated rings. The van der Waals surface area contributed by atoms with E-state index in [0.717, 1.165) is 43.4 Å². The molecule has 1 aliphatic rings. The topological polar surface area (TPSA) is 30.5 Å². The minimum Gasteiger partial charge on any atom is -0.490 e. The van der Waals surface area contributed by atoms with Crippen molar-refractivity contribution in [2.24, 2.45) is 0 Å². The third-order valence-electron chi connectivity index (χ3n) is 3.28. The van der Waals surface area contributed by atoms with Crippen LogP contribution in [0.25, 0.3) is 0 Å². The zero-order chi connectivity index (χ0) is 14.2. The molecule has 0 aliphatic carbocycles. The van der Waals surface area contributed by atoms with Gasteiger partial charge in [0.15, 0.2) is 11.5 Å². The molecule has 0 bridgehead atoms. The number of benzene rings is 1. The minimum absolute atomic E-state index is 0.586. The van der Waals surface area contributed by atoms with Crippen molar-refractivity contribution in [3.05, 3.63) is 18.2 Å². The average Bonchev–Trinajstić information content (AvgIpc) is 2.70. The molecule has 0 spiro atoms. The summed E-state index contributed by atoms with van der Waals surface area (Å²) in [6.07, 6.45) is 3.33. The van der Waals surface area contributed by atoms with Gasteiger partial charge < -0.3 is 14.8 Å². The largest absolute Gasteiger partial charge is 0.490 e. The smallest absolute Gasteiger partial charge is 0.162 e. The Bertz CT molecular complexity index is 411. The van der Waals surface area contributed by atoms with Crippen LogP contribution in [0.5, 0.6) is 11.5 Å².